The Morgan fingerprint density at radius 2 is 1.96 bits per heavy atom. The maximum absolute atomic E-state index is 12.1. The second-order valence-corrected chi connectivity index (χ2v) is 7.34. The van der Waals surface area contributed by atoms with Gasteiger partial charge in [0.25, 0.3) is 0 Å². The summed E-state index contributed by atoms with van der Waals surface area (Å²) in [6.07, 6.45) is 0.953. The van der Waals surface area contributed by atoms with Crippen LogP contribution in [0.5, 0.6) is 0 Å². The van der Waals surface area contributed by atoms with Crippen LogP contribution < -0.4 is 10.0 Å². The summed E-state index contributed by atoms with van der Waals surface area (Å²) in [5.41, 5.74) is 0. The van der Waals surface area contributed by atoms with Crippen molar-refractivity contribution in [2.75, 3.05) is 19.7 Å². The van der Waals surface area contributed by atoms with E-state index in [1.807, 2.05) is 13.8 Å². The molecule has 8 heteroatoms. The molecule has 0 aromatic heterocycles. The zero-order valence-electron chi connectivity index (χ0n) is 13.3. The van der Waals surface area contributed by atoms with E-state index >= 15 is 0 Å². The number of carbonyl (C=O) groups excluding carboxylic acids is 1. The summed E-state index contributed by atoms with van der Waals surface area (Å²) in [6, 6.07) is 6.16. The van der Waals surface area contributed by atoms with Crippen molar-refractivity contribution in [3.05, 3.63) is 29.3 Å². The van der Waals surface area contributed by atoms with Gasteiger partial charge < -0.3 is 10.1 Å². The fourth-order valence-electron chi connectivity index (χ4n) is 1.75. The second kappa shape index (κ2) is 9.87. The third kappa shape index (κ3) is 7.78. The van der Waals surface area contributed by atoms with E-state index in [0.717, 1.165) is 6.42 Å². The zero-order valence-corrected chi connectivity index (χ0v) is 14.9. The van der Waals surface area contributed by atoms with Crippen molar-refractivity contribution in [1.82, 2.24) is 10.0 Å². The molecule has 0 heterocycles. The van der Waals surface area contributed by atoms with Gasteiger partial charge in [-0.05, 0) is 32.4 Å². The van der Waals surface area contributed by atoms with E-state index in [1.165, 1.54) is 12.1 Å². The Bertz CT molecular complexity index is 605. The second-order valence-electron chi connectivity index (χ2n) is 5.20. The van der Waals surface area contributed by atoms with Crippen molar-refractivity contribution in [2.24, 2.45) is 0 Å². The number of ether oxygens (including phenoxy) is 1. The van der Waals surface area contributed by atoms with Gasteiger partial charge in [0.1, 0.15) is 4.90 Å². The summed E-state index contributed by atoms with van der Waals surface area (Å²) in [5.74, 6) is -0.212. The molecule has 1 aromatic carbocycles. The van der Waals surface area contributed by atoms with Crippen molar-refractivity contribution in [1.29, 1.82) is 0 Å². The third-order valence-electron chi connectivity index (χ3n) is 2.86. The van der Waals surface area contributed by atoms with Gasteiger partial charge in [0, 0.05) is 26.1 Å². The lowest BCUT2D eigenvalue weighted by Gasteiger charge is -2.09. The molecule has 23 heavy (non-hydrogen) atoms. The number of carbonyl (C=O) groups is 1. The van der Waals surface area contributed by atoms with Crippen LogP contribution in [0.4, 0.5) is 0 Å². The molecule has 0 saturated heterocycles. The molecule has 0 unspecified atom stereocenters. The number of amides is 1. The Kier molecular flexibility index (Phi) is 8.54. The average Bonchev–Trinajstić information content (AvgIpc) is 2.46. The summed E-state index contributed by atoms with van der Waals surface area (Å²) < 4.78 is 31.8. The van der Waals surface area contributed by atoms with Gasteiger partial charge in [0.15, 0.2) is 0 Å². The molecule has 1 amide bonds. The van der Waals surface area contributed by atoms with Gasteiger partial charge in [-0.15, -0.1) is 0 Å². The molecule has 1 aromatic rings. The summed E-state index contributed by atoms with van der Waals surface area (Å²) in [5, 5.41) is 2.86. The summed E-state index contributed by atoms with van der Waals surface area (Å²) in [4.78, 5) is 11.6. The van der Waals surface area contributed by atoms with Crippen LogP contribution in [0, 0.1) is 0 Å². The normalized spacial score (nSPS) is 11.7. The zero-order chi connectivity index (χ0) is 17.3. The average molecular weight is 363 g/mol. The molecule has 0 aliphatic heterocycles. The fourth-order valence-corrected chi connectivity index (χ4v) is 3.30. The third-order valence-corrected chi connectivity index (χ3v) is 4.83. The lowest BCUT2D eigenvalue weighted by Crippen LogP contribution is -2.31. The molecule has 0 radical (unpaired) electrons. The van der Waals surface area contributed by atoms with Crippen LogP contribution in [-0.2, 0) is 19.6 Å². The van der Waals surface area contributed by atoms with Crippen molar-refractivity contribution in [2.45, 2.75) is 37.7 Å². The van der Waals surface area contributed by atoms with Gasteiger partial charge in [-0.1, -0.05) is 23.7 Å². The molecular formula is C15H23ClN2O4S. The topological polar surface area (TPSA) is 84.5 Å². The first-order valence-electron chi connectivity index (χ1n) is 7.45. The van der Waals surface area contributed by atoms with Crippen molar-refractivity contribution >= 4 is 27.5 Å². The largest absolute Gasteiger partial charge is 0.379 e. The van der Waals surface area contributed by atoms with Crippen molar-refractivity contribution in [3.63, 3.8) is 0 Å². The van der Waals surface area contributed by atoms with E-state index in [1.54, 1.807) is 12.1 Å². The van der Waals surface area contributed by atoms with E-state index < -0.39 is 10.0 Å². The molecule has 2 N–H and O–H groups in total. The first-order chi connectivity index (χ1) is 10.8. The Morgan fingerprint density at radius 3 is 2.61 bits per heavy atom. The quantitative estimate of drug-likeness (QED) is 0.623. The Morgan fingerprint density at radius 1 is 1.26 bits per heavy atom. The fraction of sp³-hybridized carbons (Fsp3) is 0.533. The minimum Gasteiger partial charge on any atom is -0.379 e. The number of halogens is 1. The Labute approximate surface area is 142 Å². The standard InChI is InChI=1S/C15H23ClN2O4S/c1-12(2)22-11-5-9-17-15(19)8-10-18-23(20,21)14-7-4-3-6-13(14)16/h3-4,6-7,12,18H,5,8-11H2,1-2H3,(H,17,19). The maximum Gasteiger partial charge on any atom is 0.242 e. The highest BCUT2D eigenvalue weighted by atomic mass is 35.5. The lowest BCUT2D eigenvalue weighted by atomic mass is 10.3. The van der Waals surface area contributed by atoms with Crippen molar-refractivity contribution < 1.29 is 17.9 Å². The molecular weight excluding hydrogens is 340 g/mol. The maximum atomic E-state index is 12.1. The number of hydrogen-bond donors (Lipinski definition) is 2. The van der Waals surface area contributed by atoms with Gasteiger partial charge >= 0.3 is 0 Å². The molecule has 0 aliphatic rings. The molecule has 0 aliphatic carbocycles. The predicted octanol–water partition coefficient (Wildman–Crippen LogP) is 1.94. The van der Waals surface area contributed by atoms with Gasteiger partial charge in [0.05, 0.1) is 11.1 Å². The molecule has 0 fully saturated rings. The minimum atomic E-state index is -3.71. The van der Waals surface area contributed by atoms with E-state index in [-0.39, 0.29) is 34.9 Å². The van der Waals surface area contributed by atoms with E-state index in [2.05, 4.69) is 10.0 Å². The number of benzene rings is 1. The van der Waals surface area contributed by atoms with Gasteiger partial charge in [-0.3, -0.25) is 4.79 Å². The summed E-state index contributed by atoms with van der Waals surface area (Å²) >= 11 is 5.86. The van der Waals surface area contributed by atoms with Crippen molar-refractivity contribution in [3.8, 4) is 0 Å². The monoisotopic (exact) mass is 362 g/mol. The Hall–Kier alpha value is -1.15. The molecule has 6 nitrogen and oxygen atoms in total. The SMILES string of the molecule is CC(C)OCCCNC(=O)CCNS(=O)(=O)c1ccccc1Cl. The first kappa shape index (κ1) is 19.9. The Balaban J connectivity index is 2.28. The number of nitrogens with one attached hydrogen (secondary N) is 2. The van der Waals surface area contributed by atoms with E-state index in [9.17, 15) is 13.2 Å². The van der Waals surface area contributed by atoms with Gasteiger partial charge in [-0.25, -0.2) is 13.1 Å². The number of sulfonamides is 1. The predicted molar refractivity (Wildman–Crippen MR) is 90.0 cm³/mol. The van der Waals surface area contributed by atoms with Crippen LogP contribution in [-0.4, -0.2) is 40.1 Å². The molecule has 0 saturated carbocycles. The van der Waals surface area contributed by atoms with Crippen LogP contribution >= 0.6 is 11.6 Å². The van der Waals surface area contributed by atoms with Crippen LogP contribution in [0.3, 0.4) is 0 Å². The number of hydrogen-bond acceptors (Lipinski definition) is 4. The van der Waals surface area contributed by atoms with Gasteiger partial charge in [-0.2, -0.15) is 0 Å². The molecule has 1 rings (SSSR count). The lowest BCUT2D eigenvalue weighted by molar-refractivity contribution is -0.120. The van der Waals surface area contributed by atoms with Crippen LogP contribution in [0.1, 0.15) is 26.7 Å². The summed E-state index contributed by atoms with van der Waals surface area (Å²) in [6.45, 7) is 5.00. The smallest absolute Gasteiger partial charge is 0.242 e. The van der Waals surface area contributed by atoms with Crippen LogP contribution in [0.2, 0.25) is 5.02 Å². The molecule has 0 atom stereocenters. The first-order valence-corrected chi connectivity index (χ1v) is 9.31. The van der Waals surface area contributed by atoms with Crippen LogP contribution in [0.25, 0.3) is 0 Å². The molecule has 0 bridgehead atoms. The number of rotatable bonds is 10. The highest BCUT2D eigenvalue weighted by Gasteiger charge is 2.17. The summed E-state index contributed by atoms with van der Waals surface area (Å²) in [7, 11) is -3.71. The van der Waals surface area contributed by atoms with Gasteiger partial charge in [0.2, 0.25) is 15.9 Å². The highest BCUT2D eigenvalue weighted by molar-refractivity contribution is 7.89. The van der Waals surface area contributed by atoms with Crippen LogP contribution in [0.15, 0.2) is 29.2 Å². The molecule has 130 valence electrons. The highest BCUT2D eigenvalue weighted by Crippen LogP contribution is 2.19. The minimum absolute atomic E-state index is 0.00732. The van der Waals surface area contributed by atoms with E-state index in [4.69, 9.17) is 16.3 Å². The van der Waals surface area contributed by atoms with E-state index in [0.29, 0.717) is 13.2 Å². The molecule has 0 spiro atoms.